The lowest BCUT2D eigenvalue weighted by Crippen LogP contribution is -2.23. The van der Waals surface area contributed by atoms with Crippen LogP contribution in [-0.2, 0) is 16.2 Å². The molecule has 0 aliphatic heterocycles. The van der Waals surface area contributed by atoms with Crippen LogP contribution in [-0.4, -0.2) is 12.1 Å². The van der Waals surface area contributed by atoms with Gasteiger partial charge in [0.05, 0.1) is 5.56 Å². The minimum Gasteiger partial charge on any atom is -0.293 e. The summed E-state index contributed by atoms with van der Waals surface area (Å²) in [4.78, 5) is 22.1. The molecule has 0 spiro atoms. The topological polar surface area (TPSA) is 35.5 Å². The predicted octanol–water partition coefficient (Wildman–Crippen LogP) is 4.31. The summed E-state index contributed by atoms with van der Waals surface area (Å²) in [6, 6.07) is 7.48. The molecule has 20 heavy (non-hydrogen) atoms. The molecule has 0 N–H and O–H groups in total. The van der Waals surface area contributed by atoms with Crippen LogP contribution in [0.4, 0.5) is 0 Å². The number of benzene rings is 1. The Hall–Kier alpha value is -1.35. The van der Waals surface area contributed by atoms with E-state index in [0.29, 0.717) is 5.56 Å². The van der Waals surface area contributed by atoms with Crippen LogP contribution in [0.25, 0.3) is 0 Å². The number of carbonyl (C=O) groups excluding carboxylic acids is 1. The fourth-order valence-electron chi connectivity index (χ4n) is 2.67. The molecule has 3 heteroatoms. The maximum absolute atomic E-state index is 11.9. The highest BCUT2D eigenvalue weighted by Crippen LogP contribution is 2.28. The van der Waals surface area contributed by atoms with E-state index in [1.54, 1.807) is 12.1 Å². The van der Waals surface area contributed by atoms with Crippen LogP contribution in [0, 0.1) is 5.92 Å². The lowest BCUT2D eigenvalue weighted by molar-refractivity contribution is -0.280. The van der Waals surface area contributed by atoms with E-state index in [-0.39, 0.29) is 6.10 Å². The van der Waals surface area contributed by atoms with E-state index in [4.69, 9.17) is 9.78 Å². The summed E-state index contributed by atoms with van der Waals surface area (Å²) in [6.45, 7) is 4.31. The molecule has 1 saturated carbocycles. The maximum atomic E-state index is 11.9. The SMILES string of the molecule is CCc1ccc(C(=O)OOC2CCC(CC)CC2)cc1. The molecule has 0 atom stereocenters. The molecule has 0 unspecified atom stereocenters. The van der Waals surface area contributed by atoms with Crippen LogP contribution < -0.4 is 0 Å². The first kappa shape index (κ1) is 15.0. The summed E-state index contributed by atoms with van der Waals surface area (Å²) in [5.41, 5.74) is 1.75. The summed E-state index contributed by atoms with van der Waals surface area (Å²) in [6.07, 6.45) is 6.58. The lowest BCUT2D eigenvalue weighted by Gasteiger charge is -2.26. The van der Waals surface area contributed by atoms with Crippen LogP contribution >= 0.6 is 0 Å². The van der Waals surface area contributed by atoms with Gasteiger partial charge in [-0.1, -0.05) is 32.4 Å². The second-order valence-corrected chi connectivity index (χ2v) is 5.57. The van der Waals surface area contributed by atoms with Gasteiger partial charge in [0.25, 0.3) is 0 Å². The molecular formula is C17H24O3. The maximum Gasteiger partial charge on any atom is 0.373 e. The first-order valence-corrected chi connectivity index (χ1v) is 7.69. The molecule has 0 heterocycles. The highest BCUT2D eigenvalue weighted by atomic mass is 17.2. The van der Waals surface area contributed by atoms with Gasteiger partial charge in [-0.25, -0.2) is 4.79 Å². The monoisotopic (exact) mass is 276 g/mol. The first-order chi connectivity index (χ1) is 9.72. The van der Waals surface area contributed by atoms with Crippen molar-refractivity contribution < 1.29 is 14.6 Å². The average molecular weight is 276 g/mol. The Morgan fingerprint density at radius 1 is 1.10 bits per heavy atom. The largest absolute Gasteiger partial charge is 0.373 e. The van der Waals surface area contributed by atoms with Gasteiger partial charge in [0.15, 0.2) is 0 Å². The van der Waals surface area contributed by atoms with Crippen molar-refractivity contribution in [2.24, 2.45) is 5.92 Å². The van der Waals surface area contributed by atoms with Crippen LogP contribution in [0.2, 0.25) is 0 Å². The van der Waals surface area contributed by atoms with Crippen LogP contribution in [0.5, 0.6) is 0 Å². The Morgan fingerprint density at radius 3 is 2.30 bits per heavy atom. The molecule has 110 valence electrons. The van der Waals surface area contributed by atoms with E-state index in [0.717, 1.165) is 25.2 Å². The van der Waals surface area contributed by atoms with Gasteiger partial charge in [-0.3, -0.25) is 4.89 Å². The number of carbonyl (C=O) groups is 1. The van der Waals surface area contributed by atoms with Crippen molar-refractivity contribution in [3.63, 3.8) is 0 Å². The minimum atomic E-state index is -0.398. The van der Waals surface area contributed by atoms with Gasteiger partial charge in [0.1, 0.15) is 6.10 Å². The Morgan fingerprint density at radius 2 is 1.75 bits per heavy atom. The van der Waals surface area contributed by atoms with Crippen molar-refractivity contribution in [1.82, 2.24) is 0 Å². The third kappa shape index (κ3) is 4.07. The molecule has 1 fully saturated rings. The Kier molecular flexibility index (Phi) is 5.60. The second-order valence-electron chi connectivity index (χ2n) is 5.57. The van der Waals surface area contributed by atoms with Gasteiger partial charge < -0.3 is 0 Å². The summed E-state index contributed by atoms with van der Waals surface area (Å²) >= 11 is 0. The molecule has 1 aromatic rings. The second kappa shape index (κ2) is 7.44. The average Bonchev–Trinajstić information content (AvgIpc) is 2.53. The Balaban J connectivity index is 1.77. The van der Waals surface area contributed by atoms with E-state index in [2.05, 4.69) is 13.8 Å². The standard InChI is InChI=1S/C17H24O3/c1-3-13-5-9-15(10-6-13)17(18)20-19-16-11-7-14(4-2)8-12-16/h5-6,9-10,14,16H,3-4,7-8,11-12H2,1-2H3. The molecular weight excluding hydrogens is 252 g/mol. The molecule has 3 nitrogen and oxygen atoms in total. The normalized spacial score (nSPS) is 22.5. The molecule has 0 amide bonds. The molecule has 1 aliphatic rings. The third-order valence-electron chi connectivity index (χ3n) is 4.23. The molecule has 0 bridgehead atoms. The molecule has 1 aromatic carbocycles. The van der Waals surface area contributed by atoms with Crippen molar-refractivity contribution >= 4 is 5.97 Å². The Bertz CT molecular complexity index is 416. The fraction of sp³-hybridized carbons (Fsp3) is 0.588. The zero-order valence-corrected chi connectivity index (χ0v) is 12.4. The quantitative estimate of drug-likeness (QED) is 0.594. The number of rotatable bonds is 5. The van der Waals surface area contributed by atoms with Crippen molar-refractivity contribution in [1.29, 1.82) is 0 Å². The number of hydrogen-bond donors (Lipinski definition) is 0. The van der Waals surface area contributed by atoms with E-state index in [1.807, 2.05) is 12.1 Å². The van der Waals surface area contributed by atoms with Gasteiger partial charge in [0.2, 0.25) is 0 Å². The van der Waals surface area contributed by atoms with Gasteiger partial charge in [-0.05, 0) is 55.7 Å². The molecule has 0 saturated heterocycles. The fourth-order valence-corrected chi connectivity index (χ4v) is 2.67. The van der Waals surface area contributed by atoms with Gasteiger partial charge >= 0.3 is 5.97 Å². The number of aryl methyl sites for hydroxylation is 1. The summed E-state index contributed by atoms with van der Waals surface area (Å²) in [7, 11) is 0. The predicted molar refractivity (Wildman–Crippen MR) is 78.4 cm³/mol. The van der Waals surface area contributed by atoms with Crippen molar-refractivity contribution in [2.75, 3.05) is 0 Å². The number of hydrogen-bond acceptors (Lipinski definition) is 3. The smallest absolute Gasteiger partial charge is 0.293 e. The first-order valence-electron chi connectivity index (χ1n) is 7.69. The van der Waals surface area contributed by atoms with E-state index in [1.165, 1.54) is 24.8 Å². The van der Waals surface area contributed by atoms with Crippen molar-refractivity contribution in [3.05, 3.63) is 35.4 Å². The summed E-state index contributed by atoms with van der Waals surface area (Å²) < 4.78 is 0. The van der Waals surface area contributed by atoms with E-state index in [9.17, 15) is 4.79 Å². The van der Waals surface area contributed by atoms with Gasteiger partial charge in [-0.15, -0.1) is 0 Å². The molecule has 0 radical (unpaired) electrons. The summed E-state index contributed by atoms with van der Waals surface area (Å²) in [5.74, 6) is 0.414. The highest BCUT2D eigenvalue weighted by molar-refractivity contribution is 5.88. The van der Waals surface area contributed by atoms with Gasteiger partial charge in [-0.2, -0.15) is 4.89 Å². The van der Waals surface area contributed by atoms with Crippen molar-refractivity contribution in [2.45, 2.75) is 58.5 Å². The lowest BCUT2D eigenvalue weighted by atomic mass is 9.86. The highest BCUT2D eigenvalue weighted by Gasteiger charge is 2.22. The van der Waals surface area contributed by atoms with Gasteiger partial charge in [0, 0.05) is 0 Å². The molecule has 2 rings (SSSR count). The van der Waals surface area contributed by atoms with Crippen LogP contribution in [0.1, 0.15) is 61.9 Å². The van der Waals surface area contributed by atoms with Crippen LogP contribution in [0.15, 0.2) is 24.3 Å². The zero-order chi connectivity index (χ0) is 14.4. The zero-order valence-electron chi connectivity index (χ0n) is 12.4. The molecule has 1 aliphatic carbocycles. The summed E-state index contributed by atoms with van der Waals surface area (Å²) in [5, 5.41) is 0. The molecule has 0 aromatic heterocycles. The van der Waals surface area contributed by atoms with Crippen molar-refractivity contribution in [3.8, 4) is 0 Å². The Labute approximate surface area is 121 Å². The van der Waals surface area contributed by atoms with Crippen LogP contribution in [0.3, 0.4) is 0 Å². The third-order valence-corrected chi connectivity index (χ3v) is 4.23. The van der Waals surface area contributed by atoms with E-state index < -0.39 is 5.97 Å². The minimum absolute atomic E-state index is 0.0664. The van der Waals surface area contributed by atoms with E-state index >= 15 is 0 Å².